The molecule has 2 nitrogen and oxygen atoms in total. The summed E-state index contributed by atoms with van der Waals surface area (Å²) in [5.74, 6) is 0. The molecule has 21 heavy (non-hydrogen) atoms. The van der Waals surface area contributed by atoms with E-state index < -0.39 is 0 Å². The molecule has 0 saturated carbocycles. The van der Waals surface area contributed by atoms with Gasteiger partial charge in [-0.1, -0.05) is 65.0 Å². The molecule has 0 radical (unpaired) electrons. The van der Waals surface area contributed by atoms with Crippen LogP contribution in [-0.2, 0) is 11.8 Å². The van der Waals surface area contributed by atoms with E-state index in [2.05, 4.69) is 70.3 Å². The normalized spacial score (nSPS) is 12.1. The molecule has 1 N–H and O–H groups in total. The van der Waals surface area contributed by atoms with E-state index in [9.17, 15) is 0 Å². The van der Waals surface area contributed by atoms with Gasteiger partial charge >= 0.3 is 0 Å². The maximum atomic E-state index is 4.94. The maximum absolute atomic E-state index is 4.94. The summed E-state index contributed by atoms with van der Waals surface area (Å²) in [5, 5.41) is 4.72. The second kappa shape index (κ2) is 6.71. The molecule has 2 aromatic rings. The SMILES string of the molecule is CC(C)NCCc1sc(C(C)(C)C)nc1-c1ccccc1. The van der Waals surface area contributed by atoms with E-state index in [0.29, 0.717) is 6.04 Å². The Morgan fingerprint density at radius 2 is 1.81 bits per heavy atom. The number of hydrogen-bond acceptors (Lipinski definition) is 3. The van der Waals surface area contributed by atoms with Gasteiger partial charge in [0.25, 0.3) is 0 Å². The van der Waals surface area contributed by atoms with Crippen LogP contribution in [0.4, 0.5) is 0 Å². The van der Waals surface area contributed by atoms with Crippen molar-refractivity contribution < 1.29 is 0 Å². The van der Waals surface area contributed by atoms with Crippen molar-refractivity contribution >= 4 is 11.3 Å². The van der Waals surface area contributed by atoms with E-state index in [1.807, 2.05) is 11.3 Å². The van der Waals surface area contributed by atoms with Gasteiger partial charge in [0.2, 0.25) is 0 Å². The van der Waals surface area contributed by atoms with Crippen LogP contribution in [-0.4, -0.2) is 17.6 Å². The largest absolute Gasteiger partial charge is 0.314 e. The van der Waals surface area contributed by atoms with Gasteiger partial charge in [-0.3, -0.25) is 0 Å². The molecule has 1 heterocycles. The summed E-state index contributed by atoms with van der Waals surface area (Å²) in [6, 6.07) is 11.1. The molecule has 0 unspecified atom stereocenters. The fourth-order valence-corrected chi connectivity index (χ4v) is 3.28. The molecule has 0 saturated heterocycles. The van der Waals surface area contributed by atoms with Gasteiger partial charge in [0.15, 0.2) is 0 Å². The Morgan fingerprint density at radius 3 is 2.38 bits per heavy atom. The van der Waals surface area contributed by atoms with Crippen LogP contribution in [0.1, 0.15) is 44.5 Å². The predicted octanol–water partition coefficient (Wildman–Crippen LogP) is 4.65. The fraction of sp³-hybridized carbons (Fsp3) is 0.500. The van der Waals surface area contributed by atoms with Crippen molar-refractivity contribution in [3.63, 3.8) is 0 Å². The Bertz CT molecular complexity index is 565. The maximum Gasteiger partial charge on any atom is 0.0988 e. The highest BCUT2D eigenvalue weighted by Gasteiger charge is 2.22. The highest BCUT2D eigenvalue weighted by atomic mass is 32.1. The van der Waals surface area contributed by atoms with Crippen molar-refractivity contribution in [2.24, 2.45) is 0 Å². The number of nitrogens with zero attached hydrogens (tertiary/aromatic N) is 1. The van der Waals surface area contributed by atoms with Crippen LogP contribution >= 0.6 is 11.3 Å². The lowest BCUT2D eigenvalue weighted by molar-refractivity contribution is 0.586. The lowest BCUT2D eigenvalue weighted by atomic mass is 9.98. The van der Waals surface area contributed by atoms with Gasteiger partial charge in [-0.05, 0) is 6.42 Å². The van der Waals surface area contributed by atoms with Crippen molar-refractivity contribution in [3.8, 4) is 11.3 Å². The van der Waals surface area contributed by atoms with Crippen LogP contribution in [0, 0.1) is 0 Å². The number of nitrogens with one attached hydrogen (secondary N) is 1. The third kappa shape index (κ3) is 4.39. The van der Waals surface area contributed by atoms with Crippen LogP contribution in [0.5, 0.6) is 0 Å². The predicted molar refractivity (Wildman–Crippen MR) is 93.1 cm³/mol. The number of thiazole rings is 1. The summed E-state index contributed by atoms with van der Waals surface area (Å²) < 4.78 is 0. The van der Waals surface area contributed by atoms with Crippen LogP contribution < -0.4 is 5.32 Å². The highest BCUT2D eigenvalue weighted by molar-refractivity contribution is 7.12. The topological polar surface area (TPSA) is 24.9 Å². The minimum absolute atomic E-state index is 0.109. The molecule has 0 aliphatic heterocycles. The van der Waals surface area contributed by atoms with Gasteiger partial charge in [0.1, 0.15) is 0 Å². The molecule has 0 fully saturated rings. The molecule has 2 rings (SSSR count). The molecule has 114 valence electrons. The molecule has 0 aliphatic carbocycles. The molecule has 0 amide bonds. The summed E-state index contributed by atoms with van der Waals surface area (Å²) in [6.07, 6.45) is 1.04. The third-order valence-electron chi connectivity index (χ3n) is 3.29. The van der Waals surface area contributed by atoms with E-state index in [0.717, 1.165) is 18.7 Å². The zero-order chi connectivity index (χ0) is 15.5. The number of rotatable bonds is 5. The summed E-state index contributed by atoms with van der Waals surface area (Å²) in [6.45, 7) is 12.1. The first-order valence-corrected chi connectivity index (χ1v) is 8.48. The molecular formula is C18H26N2S. The lowest BCUT2D eigenvalue weighted by Gasteiger charge is -2.13. The minimum atomic E-state index is 0.109. The van der Waals surface area contributed by atoms with Crippen molar-refractivity contribution in [2.45, 2.75) is 52.5 Å². The first-order chi connectivity index (χ1) is 9.88. The van der Waals surface area contributed by atoms with Crippen molar-refractivity contribution in [3.05, 3.63) is 40.2 Å². The zero-order valence-corrected chi connectivity index (χ0v) is 14.6. The van der Waals surface area contributed by atoms with Crippen molar-refractivity contribution in [1.29, 1.82) is 0 Å². The van der Waals surface area contributed by atoms with Crippen LogP contribution in [0.3, 0.4) is 0 Å². The van der Waals surface area contributed by atoms with Crippen LogP contribution in [0.2, 0.25) is 0 Å². The molecule has 0 atom stereocenters. The second-order valence-corrected chi connectivity index (χ2v) is 7.85. The monoisotopic (exact) mass is 302 g/mol. The van der Waals surface area contributed by atoms with Crippen LogP contribution in [0.15, 0.2) is 30.3 Å². The quantitative estimate of drug-likeness (QED) is 0.869. The van der Waals surface area contributed by atoms with Gasteiger partial charge in [-0.2, -0.15) is 0 Å². The number of hydrogen-bond donors (Lipinski definition) is 1. The lowest BCUT2D eigenvalue weighted by Crippen LogP contribution is -2.24. The standard InChI is InChI=1S/C18H26N2S/c1-13(2)19-12-11-15-16(14-9-7-6-8-10-14)20-17(21-15)18(3,4)5/h6-10,13,19H,11-12H2,1-5H3. The summed E-state index contributed by atoms with van der Waals surface area (Å²) >= 11 is 1.86. The second-order valence-electron chi connectivity index (χ2n) is 6.77. The Labute approximate surface area is 132 Å². The van der Waals surface area contributed by atoms with E-state index in [-0.39, 0.29) is 5.41 Å². The van der Waals surface area contributed by atoms with Gasteiger partial charge in [0.05, 0.1) is 10.7 Å². The Morgan fingerprint density at radius 1 is 1.14 bits per heavy atom. The van der Waals surface area contributed by atoms with Crippen molar-refractivity contribution in [1.82, 2.24) is 10.3 Å². The van der Waals surface area contributed by atoms with Gasteiger partial charge in [-0.15, -0.1) is 11.3 Å². The van der Waals surface area contributed by atoms with E-state index in [4.69, 9.17) is 4.98 Å². The number of aromatic nitrogens is 1. The Balaban J connectivity index is 2.30. The van der Waals surface area contributed by atoms with E-state index in [1.165, 1.54) is 15.4 Å². The third-order valence-corrected chi connectivity index (χ3v) is 4.83. The fourth-order valence-electron chi connectivity index (χ4n) is 2.14. The van der Waals surface area contributed by atoms with Gasteiger partial charge in [-0.25, -0.2) is 4.98 Å². The molecule has 3 heteroatoms. The Hall–Kier alpha value is -1.19. The first-order valence-electron chi connectivity index (χ1n) is 7.67. The summed E-state index contributed by atoms with van der Waals surface area (Å²) in [4.78, 5) is 6.33. The van der Waals surface area contributed by atoms with E-state index in [1.54, 1.807) is 0 Å². The first kappa shape index (κ1) is 16.2. The average molecular weight is 302 g/mol. The number of benzene rings is 1. The molecular weight excluding hydrogens is 276 g/mol. The highest BCUT2D eigenvalue weighted by Crippen LogP contribution is 2.34. The summed E-state index contributed by atoms with van der Waals surface area (Å²) in [7, 11) is 0. The molecule has 0 spiro atoms. The minimum Gasteiger partial charge on any atom is -0.314 e. The van der Waals surface area contributed by atoms with Crippen molar-refractivity contribution in [2.75, 3.05) is 6.54 Å². The van der Waals surface area contributed by atoms with E-state index >= 15 is 0 Å². The molecule has 0 bridgehead atoms. The van der Waals surface area contributed by atoms with Gasteiger partial charge < -0.3 is 5.32 Å². The molecule has 1 aromatic heterocycles. The molecule has 0 aliphatic rings. The zero-order valence-electron chi connectivity index (χ0n) is 13.7. The van der Waals surface area contributed by atoms with Gasteiger partial charge in [0, 0.05) is 28.4 Å². The summed E-state index contributed by atoms with van der Waals surface area (Å²) in [5.41, 5.74) is 2.50. The Kier molecular flexibility index (Phi) is 5.17. The van der Waals surface area contributed by atoms with Crippen LogP contribution in [0.25, 0.3) is 11.3 Å². The average Bonchev–Trinajstić information content (AvgIpc) is 2.83. The smallest absolute Gasteiger partial charge is 0.0988 e. The molecule has 1 aromatic carbocycles.